The zero-order valence-electron chi connectivity index (χ0n) is 16.4. The first-order valence-electron chi connectivity index (χ1n) is 9.36. The molecule has 29 heavy (non-hydrogen) atoms. The first-order valence-corrected chi connectivity index (χ1v) is 9.36. The van der Waals surface area contributed by atoms with Crippen LogP contribution in [0.4, 0.5) is 11.4 Å². The van der Waals surface area contributed by atoms with Gasteiger partial charge in [0.1, 0.15) is 5.75 Å². The van der Waals surface area contributed by atoms with Crippen LogP contribution in [-0.4, -0.2) is 24.5 Å². The van der Waals surface area contributed by atoms with Crippen LogP contribution in [0.3, 0.4) is 0 Å². The molecule has 148 valence electrons. The summed E-state index contributed by atoms with van der Waals surface area (Å²) >= 11 is 0. The van der Waals surface area contributed by atoms with Crippen LogP contribution >= 0.6 is 0 Å². The van der Waals surface area contributed by atoms with Gasteiger partial charge in [-0.25, -0.2) is 4.79 Å². The molecule has 0 bridgehead atoms. The second-order valence-electron chi connectivity index (χ2n) is 6.67. The van der Waals surface area contributed by atoms with Crippen molar-refractivity contribution in [3.63, 3.8) is 0 Å². The number of anilines is 2. The molecule has 1 atom stereocenters. The van der Waals surface area contributed by atoms with E-state index in [1.807, 2.05) is 61.5 Å². The Labute approximate surface area is 170 Å². The van der Waals surface area contributed by atoms with Crippen molar-refractivity contribution >= 4 is 23.1 Å². The van der Waals surface area contributed by atoms with E-state index < -0.39 is 12.1 Å². The standard InChI is InChI=1S/C24H23NO4/c1-17-8-10-19(11-9-17)24(27)18(2)29-23(26)16-28-22-14-12-21(13-15-22)25-20-6-4-3-5-7-20/h3-15,18,25H,16H2,1-2H3/t18-/m1/s1. The van der Waals surface area contributed by atoms with E-state index in [4.69, 9.17) is 9.47 Å². The number of carbonyl (C=O) groups is 2. The second kappa shape index (κ2) is 9.55. The number of para-hydroxylation sites is 1. The topological polar surface area (TPSA) is 64.6 Å². The molecule has 0 aliphatic carbocycles. The van der Waals surface area contributed by atoms with E-state index in [0.717, 1.165) is 16.9 Å². The van der Waals surface area contributed by atoms with Gasteiger partial charge in [0.25, 0.3) is 0 Å². The van der Waals surface area contributed by atoms with Gasteiger partial charge in [-0.2, -0.15) is 0 Å². The number of ether oxygens (including phenoxy) is 2. The Balaban J connectivity index is 1.47. The molecule has 0 unspecified atom stereocenters. The van der Waals surface area contributed by atoms with Gasteiger partial charge < -0.3 is 14.8 Å². The Morgan fingerprint density at radius 3 is 2.14 bits per heavy atom. The smallest absolute Gasteiger partial charge is 0.344 e. The van der Waals surface area contributed by atoms with Crippen LogP contribution in [0.25, 0.3) is 0 Å². The minimum atomic E-state index is -0.869. The Kier molecular flexibility index (Phi) is 6.63. The average molecular weight is 389 g/mol. The van der Waals surface area contributed by atoms with E-state index >= 15 is 0 Å². The fraction of sp³-hybridized carbons (Fsp3) is 0.167. The lowest BCUT2D eigenvalue weighted by molar-refractivity contribution is -0.148. The maximum absolute atomic E-state index is 12.3. The molecule has 0 aliphatic heterocycles. The lowest BCUT2D eigenvalue weighted by atomic mass is 10.1. The molecule has 0 aliphatic rings. The molecule has 0 radical (unpaired) electrons. The summed E-state index contributed by atoms with van der Waals surface area (Å²) in [4.78, 5) is 24.3. The quantitative estimate of drug-likeness (QED) is 0.437. The molecule has 0 spiro atoms. The van der Waals surface area contributed by atoms with Crippen LogP contribution in [0.1, 0.15) is 22.8 Å². The van der Waals surface area contributed by atoms with Gasteiger partial charge in [-0.05, 0) is 50.2 Å². The normalized spacial score (nSPS) is 11.4. The van der Waals surface area contributed by atoms with Crippen molar-refractivity contribution in [1.29, 1.82) is 0 Å². The first-order chi connectivity index (χ1) is 14.0. The highest BCUT2D eigenvalue weighted by molar-refractivity contribution is 6.00. The molecule has 1 N–H and O–H groups in total. The van der Waals surface area contributed by atoms with Crippen molar-refractivity contribution in [2.24, 2.45) is 0 Å². The number of carbonyl (C=O) groups excluding carboxylic acids is 2. The second-order valence-corrected chi connectivity index (χ2v) is 6.67. The van der Waals surface area contributed by atoms with Crippen LogP contribution in [0, 0.1) is 6.92 Å². The van der Waals surface area contributed by atoms with E-state index in [-0.39, 0.29) is 12.4 Å². The van der Waals surface area contributed by atoms with Gasteiger partial charge >= 0.3 is 5.97 Å². The van der Waals surface area contributed by atoms with Gasteiger partial charge in [0.2, 0.25) is 5.78 Å². The van der Waals surface area contributed by atoms with Crippen LogP contribution < -0.4 is 10.1 Å². The fourth-order valence-electron chi connectivity index (χ4n) is 2.70. The highest BCUT2D eigenvalue weighted by Crippen LogP contribution is 2.20. The third-order valence-corrected chi connectivity index (χ3v) is 4.29. The number of benzene rings is 3. The number of rotatable bonds is 8. The first kappa shape index (κ1) is 20.1. The molecule has 0 aromatic heterocycles. The highest BCUT2D eigenvalue weighted by Gasteiger charge is 2.19. The monoisotopic (exact) mass is 389 g/mol. The number of aryl methyl sites for hydroxylation is 1. The van der Waals surface area contributed by atoms with Crippen molar-refractivity contribution in [3.05, 3.63) is 90.0 Å². The zero-order chi connectivity index (χ0) is 20.6. The number of ketones is 1. The van der Waals surface area contributed by atoms with Gasteiger partial charge in [-0.3, -0.25) is 4.79 Å². The summed E-state index contributed by atoms with van der Waals surface area (Å²) in [6.45, 7) is 3.24. The third-order valence-electron chi connectivity index (χ3n) is 4.29. The van der Waals surface area contributed by atoms with Gasteiger partial charge in [0.05, 0.1) is 0 Å². The van der Waals surface area contributed by atoms with Gasteiger partial charge in [-0.1, -0.05) is 48.0 Å². The SMILES string of the molecule is Cc1ccc(C(=O)[C@@H](C)OC(=O)COc2ccc(Nc3ccccc3)cc2)cc1. The summed E-state index contributed by atoms with van der Waals surface area (Å²) in [6.07, 6.45) is -0.869. The lowest BCUT2D eigenvalue weighted by Crippen LogP contribution is -2.27. The molecular formula is C24H23NO4. The lowest BCUT2D eigenvalue weighted by Gasteiger charge is -2.13. The van der Waals surface area contributed by atoms with Gasteiger partial charge in [0.15, 0.2) is 12.7 Å². The van der Waals surface area contributed by atoms with Crippen molar-refractivity contribution in [2.45, 2.75) is 20.0 Å². The predicted molar refractivity (Wildman–Crippen MR) is 113 cm³/mol. The molecule has 0 saturated carbocycles. The summed E-state index contributed by atoms with van der Waals surface area (Å²) in [5.74, 6) is -0.294. The number of Topliss-reactive ketones (excluding diaryl/α,β-unsaturated/α-hetero) is 1. The third kappa shape index (κ3) is 5.94. The molecule has 0 saturated heterocycles. The van der Waals surface area contributed by atoms with Gasteiger partial charge in [-0.15, -0.1) is 0 Å². The molecule has 0 amide bonds. The molecule has 0 heterocycles. The van der Waals surface area contributed by atoms with Crippen LogP contribution in [0.2, 0.25) is 0 Å². The molecule has 5 nitrogen and oxygen atoms in total. The van der Waals surface area contributed by atoms with Crippen molar-refractivity contribution in [3.8, 4) is 5.75 Å². The van der Waals surface area contributed by atoms with Gasteiger partial charge in [0, 0.05) is 16.9 Å². The zero-order valence-corrected chi connectivity index (χ0v) is 16.4. The summed E-state index contributed by atoms with van der Waals surface area (Å²) in [7, 11) is 0. The maximum atomic E-state index is 12.3. The number of esters is 1. The Hall–Kier alpha value is -3.60. The van der Waals surface area contributed by atoms with Crippen LogP contribution in [-0.2, 0) is 9.53 Å². The largest absolute Gasteiger partial charge is 0.482 e. The van der Waals surface area contributed by atoms with E-state index in [0.29, 0.717) is 11.3 Å². The van der Waals surface area contributed by atoms with Crippen LogP contribution in [0.15, 0.2) is 78.9 Å². The Morgan fingerprint density at radius 2 is 1.48 bits per heavy atom. The van der Waals surface area contributed by atoms with E-state index in [1.54, 1.807) is 31.2 Å². The Morgan fingerprint density at radius 1 is 0.862 bits per heavy atom. The highest BCUT2D eigenvalue weighted by atomic mass is 16.6. The van der Waals surface area contributed by atoms with Crippen LogP contribution in [0.5, 0.6) is 5.75 Å². The minimum Gasteiger partial charge on any atom is -0.482 e. The molecule has 3 aromatic rings. The minimum absolute atomic E-state index is 0.241. The van der Waals surface area contributed by atoms with Crippen molar-refractivity contribution in [2.75, 3.05) is 11.9 Å². The molecular weight excluding hydrogens is 366 g/mol. The summed E-state index contributed by atoms with van der Waals surface area (Å²) < 4.78 is 10.7. The summed E-state index contributed by atoms with van der Waals surface area (Å²) in [5.41, 5.74) is 3.46. The van der Waals surface area contributed by atoms with E-state index in [2.05, 4.69) is 5.32 Å². The number of hydrogen-bond acceptors (Lipinski definition) is 5. The molecule has 3 aromatic carbocycles. The molecule has 0 fully saturated rings. The fourth-order valence-corrected chi connectivity index (χ4v) is 2.70. The number of hydrogen-bond donors (Lipinski definition) is 1. The summed E-state index contributed by atoms with van der Waals surface area (Å²) in [6, 6.07) is 24.2. The van der Waals surface area contributed by atoms with E-state index in [1.165, 1.54) is 0 Å². The number of nitrogens with one attached hydrogen (secondary N) is 1. The molecule has 5 heteroatoms. The predicted octanol–water partition coefficient (Wildman–Crippen LogP) is 4.93. The Bertz CT molecular complexity index is 950. The summed E-state index contributed by atoms with van der Waals surface area (Å²) in [5, 5.41) is 3.27. The van der Waals surface area contributed by atoms with Crippen molar-refractivity contribution < 1.29 is 19.1 Å². The molecule has 3 rings (SSSR count). The van der Waals surface area contributed by atoms with Crippen molar-refractivity contribution in [1.82, 2.24) is 0 Å². The maximum Gasteiger partial charge on any atom is 0.344 e. The van der Waals surface area contributed by atoms with E-state index in [9.17, 15) is 9.59 Å². The average Bonchev–Trinajstić information content (AvgIpc) is 2.74.